The lowest BCUT2D eigenvalue weighted by Gasteiger charge is -2.14. The topological polar surface area (TPSA) is 51.8 Å². The maximum atomic E-state index is 6.56. The van der Waals surface area contributed by atoms with Crippen LogP contribution in [0.4, 0.5) is 0 Å². The van der Waals surface area contributed by atoms with E-state index in [-0.39, 0.29) is 0 Å². The van der Waals surface area contributed by atoms with E-state index in [0.29, 0.717) is 17.5 Å². The second-order valence-corrected chi connectivity index (χ2v) is 14.0. The van der Waals surface area contributed by atoms with E-state index in [4.69, 9.17) is 19.4 Å². The third-order valence-electron chi connectivity index (χ3n) is 10.6. The van der Waals surface area contributed by atoms with Crippen LogP contribution in [0.3, 0.4) is 0 Å². The van der Waals surface area contributed by atoms with E-state index >= 15 is 0 Å². The quantitative estimate of drug-likeness (QED) is 0.179. The minimum Gasteiger partial charge on any atom is -0.456 e. The Hall–Kier alpha value is -7.43. The number of benzene rings is 9. The molecule has 4 nitrogen and oxygen atoms in total. The lowest BCUT2D eigenvalue weighted by Crippen LogP contribution is -2.00. The zero-order chi connectivity index (χ0) is 36.3. The second-order valence-electron chi connectivity index (χ2n) is 14.0. The van der Waals surface area contributed by atoms with Gasteiger partial charge in [0.05, 0.1) is 0 Å². The number of para-hydroxylation sites is 1. The van der Waals surface area contributed by atoms with Crippen LogP contribution in [0.5, 0.6) is 0 Å². The lowest BCUT2D eigenvalue weighted by atomic mass is 9.90. The molecule has 0 fully saturated rings. The minimum absolute atomic E-state index is 0.612. The fraction of sp³-hybridized carbons (Fsp3) is 0. The molecule has 0 N–H and O–H groups in total. The normalized spacial score (nSPS) is 11.6. The number of furan rings is 1. The van der Waals surface area contributed by atoms with E-state index in [2.05, 4.69) is 170 Å². The number of fused-ring (bicyclic) bond motifs is 6. The molecule has 11 aromatic rings. The third-order valence-corrected chi connectivity index (χ3v) is 10.6. The predicted octanol–water partition coefficient (Wildman–Crippen LogP) is 13.6. The number of hydrogen-bond donors (Lipinski definition) is 0. The highest BCUT2D eigenvalue weighted by Crippen LogP contribution is 2.43. The van der Waals surface area contributed by atoms with Crippen molar-refractivity contribution in [1.29, 1.82) is 0 Å². The van der Waals surface area contributed by atoms with Crippen LogP contribution in [0, 0.1) is 0 Å². The monoisotopic (exact) mass is 701 g/mol. The van der Waals surface area contributed by atoms with Gasteiger partial charge < -0.3 is 4.42 Å². The summed E-state index contributed by atoms with van der Waals surface area (Å²) in [5.74, 6) is 1.87. The first-order valence-corrected chi connectivity index (χ1v) is 18.5. The predicted molar refractivity (Wildman–Crippen MR) is 227 cm³/mol. The summed E-state index contributed by atoms with van der Waals surface area (Å²) in [7, 11) is 0. The summed E-state index contributed by atoms with van der Waals surface area (Å²) >= 11 is 0. The van der Waals surface area contributed by atoms with Gasteiger partial charge in [-0.15, -0.1) is 0 Å². The molecule has 2 heterocycles. The molecule has 0 bridgehead atoms. The van der Waals surface area contributed by atoms with Gasteiger partial charge in [0.15, 0.2) is 17.5 Å². The smallest absolute Gasteiger partial charge is 0.164 e. The van der Waals surface area contributed by atoms with Crippen molar-refractivity contribution in [3.63, 3.8) is 0 Å². The Bertz CT molecular complexity index is 3180. The Balaban J connectivity index is 1.18. The van der Waals surface area contributed by atoms with Gasteiger partial charge in [-0.25, -0.2) is 15.0 Å². The summed E-state index contributed by atoms with van der Waals surface area (Å²) in [5.41, 5.74) is 8.90. The molecule has 0 amide bonds. The molecule has 2 aromatic heterocycles. The molecular weight excluding hydrogens is 671 g/mol. The number of aromatic nitrogens is 3. The molecule has 55 heavy (non-hydrogen) atoms. The summed E-state index contributed by atoms with van der Waals surface area (Å²) in [5, 5.41) is 9.02. The highest BCUT2D eigenvalue weighted by molar-refractivity contribution is 6.17. The van der Waals surface area contributed by atoms with Gasteiger partial charge in [0, 0.05) is 27.5 Å². The van der Waals surface area contributed by atoms with Gasteiger partial charge in [-0.3, -0.25) is 0 Å². The summed E-state index contributed by atoms with van der Waals surface area (Å²) < 4.78 is 6.56. The van der Waals surface area contributed by atoms with Crippen molar-refractivity contribution in [2.45, 2.75) is 0 Å². The molecule has 0 aliphatic rings. The summed E-state index contributed by atoms with van der Waals surface area (Å²) in [6.07, 6.45) is 0. The van der Waals surface area contributed by atoms with Crippen LogP contribution in [0.15, 0.2) is 192 Å². The van der Waals surface area contributed by atoms with Gasteiger partial charge in [0.25, 0.3) is 0 Å². The van der Waals surface area contributed by atoms with Gasteiger partial charge in [-0.05, 0) is 97.0 Å². The zero-order valence-electron chi connectivity index (χ0n) is 29.6. The summed E-state index contributed by atoms with van der Waals surface area (Å²) in [6.45, 7) is 0. The van der Waals surface area contributed by atoms with E-state index in [9.17, 15) is 0 Å². The average Bonchev–Trinajstić information content (AvgIpc) is 3.64. The van der Waals surface area contributed by atoms with Crippen molar-refractivity contribution < 1.29 is 4.42 Å². The second kappa shape index (κ2) is 12.6. The molecule has 4 heteroatoms. The fourth-order valence-electron chi connectivity index (χ4n) is 7.95. The first-order valence-electron chi connectivity index (χ1n) is 18.5. The molecular formula is C51H31N3O. The van der Waals surface area contributed by atoms with E-state index in [1.807, 2.05) is 18.2 Å². The molecule has 0 spiro atoms. The van der Waals surface area contributed by atoms with Gasteiger partial charge >= 0.3 is 0 Å². The van der Waals surface area contributed by atoms with Gasteiger partial charge in [-0.2, -0.15) is 0 Å². The molecule has 256 valence electrons. The van der Waals surface area contributed by atoms with Crippen LogP contribution in [0.1, 0.15) is 0 Å². The number of nitrogens with zero attached hydrogens (tertiary/aromatic N) is 3. The van der Waals surface area contributed by atoms with Gasteiger partial charge in [-0.1, -0.05) is 146 Å². The first-order chi connectivity index (χ1) is 27.2. The molecule has 0 saturated carbocycles. The molecule has 9 aromatic carbocycles. The van der Waals surface area contributed by atoms with Crippen LogP contribution >= 0.6 is 0 Å². The largest absolute Gasteiger partial charge is 0.456 e. The third kappa shape index (κ3) is 5.43. The van der Waals surface area contributed by atoms with Crippen molar-refractivity contribution in [2.75, 3.05) is 0 Å². The van der Waals surface area contributed by atoms with Crippen molar-refractivity contribution in [3.05, 3.63) is 188 Å². The van der Waals surface area contributed by atoms with E-state index in [1.54, 1.807) is 0 Å². The fourth-order valence-corrected chi connectivity index (χ4v) is 7.95. The maximum Gasteiger partial charge on any atom is 0.164 e. The zero-order valence-corrected chi connectivity index (χ0v) is 29.6. The van der Waals surface area contributed by atoms with E-state index in [1.165, 1.54) is 10.8 Å². The molecule has 0 aliphatic heterocycles. The van der Waals surface area contributed by atoms with Crippen LogP contribution in [0.2, 0.25) is 0 Å². The van der Waals surface area contributed by atoms with Crippen molar-refractivity contribution in [3.8, 4) is 56.4 Å². The Labute approximate surface area is 317 Å². The van der Waals surface area contributed by atoms with Gasteiger partial charge in [0.2, 0.25) is 0 Å². The van der Waals surface area contributed by atoms with Crippen molar-refractivity contribution in [1.82, 2.24) is 15.0 Å². The van der Waals surface area contributed by atoms with Crippen LogP contribution in [0.25, 0.3) is 111 Å². The average molecular weight is 702 g/mol. The summed E-state index contributed by atoms with van der Waals surface area (Å²) in [4.78, 5) is 15.6. The molecule has 0 saturated heterocycles. The Morgan fingerprint density at radius 3 is 1.47 bits per heavy atom. The Morgan fingerprint density at radius 2 is 0.800 bits per heavy atom. The molecule has 0 atom stereocenters. The van der Waals surface area contributed by atoms with Crippen LogP contribution < -0.4 is 0 Å². The summed E-state index contributed by atoms with van der Waals surface area (Å²) in [6, 6.07) is 65.9. The Morgan fingerprint density at radius 1 is 0.291 bits per heavy atom. The highest BCUT2D eigenvalue weighted by atomic mass is 16.3. The molecule has 0 unspecified atom stereocenters. The molecule has 11 rings (SSSR count). The molecule has 0 radical (unpaired) electrons. The molecule has 0 aliphatic carbocycles. The van der Waals surface area contributed by atoms with E-state index in [0.717, 1.165) is 82.4 Å². The highest BCUT2D eigenvalue weighted by Gasteiger charge is 2.20. The Kier molecular flexibility index (Phi) is 7.14. The minimum atomic E-state index is 0.612. The SMILES string of the molecule is c1ccc(-c2cc(-c3cc(-c4nc(-c5ccc6ccccc6c5)nc(-c5ccc6ccccc6c5)n4)cc4ccccc34)c3c(c2)oc2ccccc23)cc1. The maximum absolute atomic E-state index is 6.56. The number of hydrogen-bond acceptors (Lipinski definition) is 4. The standard InChI is InChI=1S/C51H31N3O/c1-2-12-32(13-3-1)40-29-45(48-43-20-10-11-21-46(43)55-47(48)31-40)44-30-41(28-37-18-8-9-19-42(37)44)51-53-49(38-24-22-33-14-4-6-16-35(33)26-38)52-50(54-51)39-25-23-34-15-5-7-17-36(34)27-39/h1-31H. The van der Waals surface area contributed by atoms with Gasteiger partial charge in [0.1, 0.15) is 11.2 Å². The number of rotatable bonds is 5. The lowest BCUT2D eigenvalue weighted by molar-refractivity contribution is 0.669. The first kappa shape index (κ1) is 31.1. The van der Waals surface area contributed by atoms with Crippen molar-refractivity contribution in [2.24, 2.45) is 0 Å². The van der Waals surface area contributed by atoms with E-state index < -0.39 is 0 Å². The van der Waals surface area contributed by atoms with Crippen LogP contribution in [-0.4, -0.2) is 15.0 Å². The van der Waals surface area contributed by atoms with Crippen molar-refractivity contribution >= 4 is 54.3 Å². The van der Waals surface area contributed by atoms with Crippen LogP contribution in [-0.2, 0) is 0 Å².